The molecule has 2 amide bonds. The molecule has 0 spiro atoms. The van der Waals surface area contributed by atoms with Gasteiger partial charge in [-0.1, -0.05) is 35.3 Å². The van der Waals surface area contributed by atoms with Crippen molar-refractivity contribution in [3.63, 3.8) is 0 Å². The van der Waals surface area contributed by atoms with Gasteiger partial charge in [-0.2, -0.15) is 0 Å². The standard InChI is InChI=1S/C20H17Cl2N3O/c21-15-5-3-14(4-6-15)19-18-2-1-11-24(18)12-13-25(19)20(26)23-17-9-7-16(22)8-10-17/h1-11,19H,12-13H2,(H,23,26)/t19-/m0/s1. The molecule has 1 atom stereocenters. The van der Waals surface area contributed by atoms with Crippen molar-refractivity contribution >= 4 is 34.9 Å². The minimum absolute atomic E-state index is 0.139. The first-order valence-electron chi connectivity index (χ1n) is 8.35. The average molecular weight is 386 g/mol. The number of hydrogen-bond acceptors (Lipinski definition) is 1. The molecule has 132 valence electrons. The molecule has 0 radical (unpaired) electrons. The lowest BCUT2D eigenvalue weighted by Gasteiger charge is -2.37. The monoisotopic (exact) mass is 385 g/mol. The molecule has 1 N–H and O–H groups in total. The van der Waals surface area contributed by atoms with E-state index in [0.717, 1.165) is 23.5 Å². The molecule has 2 aromatic carbocycles. The van der Waals surface area contributed by atoms with Crippen LogP contribution in [0, 0.1) is 0 Å². The first-order chi connectivity index (χ1) is 12.6. The molecule has 2 heterocycles. The van der Waals surface area contributed by atoms with Crippen molar-refractivity contribution in [2.24, 2.45) is 0 Å². The number of hydrogen-bond donors (Lipinski definition) is 1. The molecule has 4 rings (SSSR count). The first kappa shape index (κ1) is 17.0. The molecule has 0 fully saturated rings. The molecule has 1 aromatic heterocycles. The van der Waals surface area contributed by atoms with Crippen LogP contribution in [0.25, 0.3) is 0 Å². The lowest BCUT2D eigenvalue weighted by Crippen LogP contribution is -2.44. The summed E-state index contributed by atoms with van der Waals surface area (Å²) >= 11 is 12.0. The minimum atomic E-state index is -0.164. The van der Waals surface area contributed by atoms with Crippen LogP contribution in [0.15, 0.2) is 66.9 Å². The van der Waals surface area contributed by atoms with Crippen molar-refractivity contribution in [1.82, 2.24) is 9.47 Å². The maximum atomic E-state index is 13.0. The van der Waals surface area contributed by atoms with E-state index in [1.165, 1.54) is 0 Å². The van der Waals surface area contributed by atoms with Crippen molar-refractivity contribution in [3.8, 4) is 0 Å². The van der Waals surface area contributed by atoms with Gasteiger partial charge in [0.1, 0.15) is 0 Å². The Labute approximate surface area is 161 Å². The largest absolute Gasteiger partial charge is 0.348 e. The third-order valence-electron chi connectivity index (χ3n) is 4.58. The summed E-state index contributed by atoms with van der Waals surface area (Å²) < 4.78 is 2.19. The van der Waals surface area contributed by atoms with Gasteiger partial charge >= 0.3 is 6.03 Å². The lowest BCUT2D eigenvalue weighted by molar-refractivity contribution is 0.182. The maximum absolute atomic E-state index is 13.0. The number of benzene rings is 2. The smallest absolute Gasteiger partial charge is 0.322 e. The second kappa shape index (κ2) is 7.06. The summed E-state index contributed by atoms with van der Waals surface area (Å²) in [6.07, 6.45) is 2.05. The Morgan fingerprint density at radius 3 is 2.27 bits per heavy atom. The summed E-state index contributed by atoms with van der Waals surface area (Å²) in [4.78, 5) is 14.8. The van der Waals surface area contributed by atoms with E-state index in [0.29, 0.717) is 16.6 Å². The molecule has 3 aromatic rings. The molecular weight excluding hydrogens is 369 g/mol. The highest BCUT2D eigenvalue weighted by Crippen LogP contribution is 2.33. The molecule has 26 heavy (non-hydrogen) atoms. The number of urea groups is 1. The topological polar surface area (TPSA) is 37.3 Å². The summed E-state index contributed by atoms with van der Waals surface area (Å²) in [6, 6.07) is 18.5. The summed E-state index contributed by atoms with van der Waals surface area (Å²) in [5.74, 6) is 0. The van der Waals surface area contributed by atoms with Gasteiger partial charge in [0.25, 0.3) is 0 Å². The fourth-order valence-electron chi connectivity index (χ4n) is 3.33. The zero-order valence-corrected chi connectivity index (χ0v) is 15.4. The number of amides is 2. The zero-order valence-electron chi connectivity index (χ0n) is 13.9. The van der Waals surface area contributed by atoms with Crippen LogP contribution in [0.3, 0.4) is 0 Å². The summed E-state index contributed by atoms with van der Waals surface area (Å²) in [5.41, 5.74) is 2.83. The van der Waals surface area contributed by atoms with E-state index in [-0.39, 0.29) is 12.1 Å². The van der Waals surface area contributed by atoms with Crippen LogP contribution in [0.1, 0.15) is 17.3 Å². The maximum Gasteiger partial charge on any atom is 0.322 e. The summed E-state index contributed by atoms with van der Waals surface area (Å²) in [5, 5.41) is 4.28. The van der Waals surface area contributed by atoms with Crippen LogP contribution in [-0.2, 0) is 6.54 Å². The molecule has 6 heteroatoms. The highest BCUT2D eigenvalue weighted by molar-refractivity contribution is 6.30. The highest BCUT2D eigenvalue weighted by atomic mass is 35.5. The SMILES string of the molecule is O=C(Nc1ccc(Cl)cc1)N1CCn2cccc2[C@@H]1c1ccc(Cl)cc1. The van der Waals surface area contributed by atoms with Gasteiger partial charge in [-0.05, 0) is 54.1 Å². The predicted molar refractivity (Wildman–Crippen MR) is 105 cm³/mol. The third-order valence-corrected chi connectivity index (χ3v) is 5.08. The number of anilines is 1. The summed E-state index contributed by atoms with van der Waals surface area (Å²) in [7, 11) is 0. The number of carbonyl (C=O) groups excluding carboxylic acids is 1. The second-order valence-corrected chi connectivity index (χ2v) is 7.08. The number of aromatic nitrogens is 1. The van der Waals surface area contributed by atoms with E-state index >= 15 is 0 Å². The Hall–Kier alpha value is -2.43. The van der Waals surface area contributed by atoms with Gasteiger partial charge in [0, 0.05) is 40.7 Å². The van der Waals surface area contributed by atoms with Gasteiger partial charge in [0.15, 0.2) is 0 Å². The number of halogens is 2. The highest BCUT2D eigenvalue weighted by Gasteiger charge is 2.32. The van der Waals surface area contributed by atoms with E-state index in [4.69, 9.17) is 23.2 Å². The molecule has 1 aliphatic heterocycles. The number of carbonyl (C=O) groups is 1. The molecule has 0 bridgehead atoms. The number of fused-ring (bicyclic) bond motifs is 1. The average Bonchev–Trinajstić information content (AvgIpc) is 3.12. The Balaban J connectivity index is 1.66. The van der Waals surface area contributed by atoms with E-state index in [2.05, 4.69) is 16.0 Å². The van der Waals surface area contributed by atoms with Gasteiger partial charge in [-0.15, -0.1) is 0 Å². The van der Waals surface area contributed by atoms with E-state index in [1.54, 1.807) is 24.3 Å². The quantitative estimate of drug-likeness (QED) is 0.626. The summed E-state index contributed by atoms with van der Waals surface area (Å²) in [6.45, 7) is 1.38. The van der Waals surface area contributed by atoms with E-state index < -0.39 is 0 Å². The fourth-order valence-corrected chi connectivity index (χ4v) is 3.58. The van der Waals surface area contributed by atoms with Gasteiger partial charge in [-0.3, -0.25) is 0 Å². The second-order valence-electron chi connectivity index (χ2n) is 6.21. The normalized spacial score (nSPS) is 16.2. The van der Waals surface area contributed by atoms with Gasteiger partial charge in [0.2, 0.25) is 0 Å². The van der Waals surface area contributed by atoms with Crippen LogP contribution in [-0.4, -0.2) is 22.0 Å². The third kappa shape index (κ3) is 3.30. The fraction of sp³-hybridized carbons (Fsp3) is 0.150. The van der Waals surface area contributed by atoms with E-state index in [9.17, 15) is 4.79 Å². The van der Waals surface area contributed by atoms with Gasteiger partial charge in [-0.25, -0.2) is 4.79 Å². The van der Waals surface area contributed by atoms with Gasteiger partial charge in [0.05, 0.1) is 6.04 Å². The van der Waals surface area contributed by atoms with Crippen LogP contribution < -0.4 is 5.32 Å². The van der Waals surface area contributed by atoms with Crippen molar-refractivity contribution in [3.05, 3.63) is 88.2 Å². The number of rotatable bonds is 2. The van der Waals surface area contributed by atoms with Crippen molar-refractivity contribution in [1.29, 1.82) is 0 Å². The Bertz CT molecular complexity index is 919. The van der Waals surface area contributed by atoms with Crippen LogP contribution in [0.4, 0.5) is 10.5 Å². The molecule has 0 aliphatic carbocycles. The first-order valence-corrected chi connectivity index (χ1v) is 9.11. The Morgan fingerprint density at radius 1 is 0.923 bits per heavy atom. The molecule has 0 saturated heterocycles. The molecular formula is C20H17Cl2N3O. The van der Waals surface area contributed by atoms with Crippen molar-refractivity contribution in [2.45, 2.75) is 12.6 Å². The predicted octanol–water partition coefficient (Wildman–Crippen LogP) is 5.43. The molecule has 0 unspecified atom stereocenters. The van der Waals surface area contributed by atoms with Crippen molar-refractivity contribution < 1.29 is 4.79 Å². The van der Waals surface area contributed by atoms with E-state index in [1.807, 2.05) is 41.4 Å². The molecule has 0 saturated carbocycles. The Kier molecular flexibility index (Phi) is 4.62. The molecule has 1 aliphatic rings. The van der Waals surface area contributed by atoms with Crippen LogP contribution in [0.5, 0.6) is 0 Å². The Morgan fingerprint density at radius 2 is 1.58 bits per heavy atom. The zero-order chi connectivity index (χ0) is 18.1. The van der Waals surface area contributed by atoms with Gasteiger partial charge < -0.3 is 14.8 Å². The lowest BCUT2D eigenvalue weighted by atomic mass is 10.0. The minimum Gasteiger partial charge on any atom is -0.348 e. The number of nitrogens with one attached hydrogen (secondary N) is 1. The van der Waals surface area contributed by atoms with Crippen LogP contribution >= 0.6 is 23.2 Å². The van der Waals surface area contributed by atoms with Crippen molar-refractivity contribution in [2.75, 3.05) is 11.9 Å². The molecule has 4 nitrogen and oxygen atoms in total. The van der Waals surface area contributed by atoms with Crippen LogP contribution in [0.2, 0.25) is 10.0 Å². The number of nitrogens with zero attached hydrogens (tertiary/aromatic N) is 2.